The van der Waals surface area contributed by atoms with Gasteiger partial charge in [-0.1, -0.05) is 29.8 Å². The van der Waals surface area contributed by atoms with Gasteiger partial charge in [0, 0.05) is 37.3 Å². The van der Waals surface area contributed by atoms with Crippen molar-refractivity contribution in [2.24, 2.45) is 0 Å². The predicted octanol–water partition coefficient (Wildman–Crippen LogP) is 4.86. The topological polar surface area (TPSA) is 69.7 Å². The van der Waals surface area contributed by atoms with Crippen molar-refractivity contribution < 1.29 is 27.6 Å². The van der Waals surface area contributed by atoms with Crippen molar-refractivity contribution in [2.75, 3.05) is 31.5 Å². The number of hydrogen-bond acceptors (Lipinski definition) is 3. The molecule has 1 aliphatic rings. The highest BCUT2D eigenvalue weighted by Crippen LogP contribution is 2.29. The number of carbonyl (C=O) groups is 3. The van der Waals surface area contributed by atoms with E-state index in [4.69, 9.17) is 0 Å². The Balaban J connectivity index is 1.40. The van der Waals surface area contributed by atoms with Gasteiger partial charge < -0.3 is 15.1 Å². The minimum atomic E-state index is -4.47. The lowest BCUT2D eigenvalue weighted by Crippen LogP contribution is -2.50. The van der Waals surface area contributed by atoms with Crippen molar-refractivity contribution in [1.82, 2.24) is 9.80 Å². The van der Waals surface area contributed by atoms with E-state index in [1.54, 1.807) is 47.4 Å². The molecular formula is C27H24F3N3O3. The third-order valence-corrected chi connectivity index (χ3v) is 6.00. The first-order chi connectivity index (χ1) is 17.1. The van der Waals surface area contributed by atoms with Gasteiger partial charge in [0.1, 0.15) is 0 Å². The van der Waals surface area contributed by atoms with Crippen LogP contribution in [0.5, 0.6) is 0 Å². The molecule has 0 atom stereocenters. The van der Waals surface area contributed by atoms with E-state index < -0.39 is 11.7 Å². The summed E-state index contributed by atoms with van der Waals surface area (Å²) in [5.41, 5.74) is 1.48. The van der Waals surface area contributed by atoms with Crippen LogP contribution < -0.4 is 5.32 Å². The third kappa shape index (κ3) is 5.56. The van der Waals surface area contributed by atoms with Gasteiger partial charge in [-0.2, -0.15) is 13.2 Å². The lowest BCUT2D eigenvalue weighted by atomic mass is 10.1. The van der Waals surface area contributed by atoms with Crippen LogP contribution in [-0.2, 0) is 6.18 Å². The van der Waals surface area contributed by atoms with Crippen LogP contribution in [0, 0.1) is 6.92 Å². The number of para-hydroxylation sites is 1. The number of hydrogen-bond donors (Lipinski definition) is 1. The van der Waals surface area contributed by atoms with E-state index in [-0.39, 0.29) is 49.5 Å². The maximum atomic E-state index is 13.2. The zero-order valence-electron chi connectivity index (χ0n) is 19.5. The van der Waals surface area contributed by atoms with Crippen LogP contribution in [0.4, 0.5) is 18.9 Å². The largest absolute Gasteiger partial charge is 0.416 e. The normalized spacial score (nSPS) is 13.9. The summed E-state index contributed by atoms with van der Waals surface area (Å²) >= 11 is 0. The molecule has 0 bridgehead atoms. The average molecular weight is 496 g/mol. The predicted molar refractivity (Wildman–Crippen MR) is 129 cm³/mol. The summed E-state index contributed by atoms with van der Waals surface area (Å²) in [5.74, 6) is -0.996. The highest BCUT2D eigenvalue weighted by atomic mass is 19.4. The molecule has 1 aliphatic heterocycles. The van der Waals surface area contributed by atoms with Gasteiger partial charge in [0.25, 0.3) is 17.7 Å². The Morgan fingerprint density at radius 1 is 0.750 bits per heavy atom. The summed E-state index contributed by atoms with van der Waals surface area (Å²) < 4.78 is 38.3. The number of rotatable bonds is 4. The van der Waals surface area contributed by atoms with Gasteiger partial charge in [-0.3, -0.25) is 14.4 Å². The molecule has 1 saturated heterocycles. The van der Waals surface area contributed by atoms with Gasteiger partial charge in [-0.25, -0.2) is 0 Å². The van der Waals surface area contributed by atoms with E-state index in [1.165, 1.54) is 4.90 Å². The Morgan fingerprint density at radius 2 is 1.36 bits per heavy atom. The first-order valence-electron chi connectivity index (χ1n) is 11.4. The van der Waals surface area contributed by atoms with Gasteiger partial charge in [0.05, 0.1) is 16.8 Å². The number of carbonyl (C=O) groups excluding carboxylic acids is 3. The summed E-state index contributed by atoms with van der Waals surface area (Å²) in [7, 11) is 0. The highest BCUT2D eigenvalue weighted by Gasteiger charge is 2.31. The third-order valence-electron chi connectivity index (χ3n) is 6.00. The minimum absolute atomic E-state index is 0.159. The molecular weight excluding hydrogens is 471 g/mol. The van der Waals surface area contributed by atoms with Crippen LogP contribution in [0.15, 0.2) is 72.8 Å². The number of nitrogens with zero attached hydrogens (tertiary/aromatic N) is 2. The molecule has 0 aliphatic carbocycles. The van der Waals surface area contributed by atoms with Crippen LogP contribution in [0.25, 0.3) is 0 Å². The second kappa shape index (κ2) is 10.2. The van der Waals surface area contributed by atoms with Crippen LogP contribution in [0.2, 0.25) is 0 Å². The Hall–Kier alpha value is -4.14. The molecule has 3 aromatic carbocycles. The minimum Gasteiger partial charge on any atom is -0.335 e. The molecule has 1 heterocycles. The van der Waals surface area contributed by atoms with Crippen molar-refractivity contribution >= 4 is 23.4 Å². The van der Waals surface area contributed by atoms with E-state index >= 15 is 0 Å². The average Bonchev–Trinajstić information content (AvgIpc) is 2.88. The Kier molecular flexibility index (Phi) is 7.10. The number of nitrogens with one attached hydrogen (secondary N) is 1. The fourth-order valence-corrected chi connectivity index (χ4v) is 4.03. The number of alkyl halides is 3. The maximum absolute atomic E-state index is 13.2. The smallest absolute Gasteiger partial charge is 0.335 e. The Morgan fingerprint density at radius 3 is 1.97 bits per heavy atom. The summed E-state index contributed by atoms with van der Waals surface area (Å²) in [5, 5.41) is 2.81. The highest BCUT2D eigenvalue weighted by molar-refractivity contribution is 6.09. The molecule has 0 unspecified atom stereocenters. The second-order valence-electron chi connectivity index (χ2n) is 8.53. The van der Waals surface area contributed by atoms with E-state index in [2.05, 4.69) is 5.32 Å². The van der Waals surface area contributed by atoms with Gasteiger partial charge in [-0.05, 0) is 55.5 Å². The van der Waals surface area contributed by atoms with Crippen LogP contribution in [0.3, 0.4) is 0 Å². The molecule has 36 heavy (non-hydrogen) atoms. The van der Waals surface area contributed by atoms with Gasteiger partial charge in [0.2, 0.25) is 0 Å². The summed E-state index contributed by atoms with van der Waals surface area (Å²) in [6, 6.07) is 17.9. The molecule has 6 nitrogen and oxygen atoms in total. The molecule has 4 rings (SSSR count). The van der Waals surface area contributed by atoms with Crippen molar-refractivity contribution in [3.8, 4) is 0 Å². The second-order valence-corrected chi connectivity index (χ2v) is 8.53. The van der Waals surface area contributed by atoms with E-state index in [1.807, 2.05) is 13.0 Å². The zero-order chi connectivity index (χ0) is 25.9. The fraction of sp³-hybridized carbons (Fsp3) is 0.222. The van der Waals surface area contributed by atoms with E-state index in [0.29, 0.717) is 16.8 Å². The quantitative estimate of drug-likeness (QED) is 0.562. The number of anilines is 1. The molecule has 0 spiro atoms. The number of benzene rings is 3. The first-order valence-corrected chi connectivity index (χ1v) is 11.4. The molecule has 0 radical (unpaired) electrons. The van der Waals surface area contributed by atoms with Crippen molar-refractivity contribution in [1.29, 1.82) is 0 Å². The summed E-state index contributed by atoms with van der Waals surface area (Å²) in [6.07, 6.45) is -4.47. The summed E-state index contributed by atoms with van der Waals surface area (Å²) in [4.78, 5) is 41.8. The standard InChI is InChI=1S/C27H24F3N3O3/c1-18-5-4-6-20(17-18)24(34)31-23-8-3-2-7-22(23)26(36)33-15-13-32(14-16-33)25(35)19-9-11-21(12-10-19)27(28,29)30/h2-12,17H,13-16H2,1H3,(H,31,34). The molecule has 186 valence electrons. The molecule has 1 N–H and O–H groups in total. The van der Waals surface area contributed by atoms with E-state index in [0.717, 1.165) is 29.8 Å². The first kappa shape index (κ1) is 25.0. The summed E-state index contributed by atoms with van der Waals surface area (Å²) in [6.45, 7) is 2.87. The van der Waals surface area contributed by atoms with Crippen LogP contribution in [-0.4, -0.2) is 53.7 Å². The molecule has 0 saturated carbocycles. The maximum Gasteiger partial charge on any atom is 0.416 e. The van der Waals surface area contributed by atoms with Crippen molar-refractivity contribution in [3.05, 3.63) is 101 Å². The van der Waals surface area contributed by atoms with E-state index in [9.17, 15) is 27.6 Å². The van der Waals surface area contributed by atoms with Gasteiger partial charge in [-0.15, -0.1) is 0 Å². The van der Waals surface area contributed by atoms with Crippen molar-refractivity contribution in [3.63, 3.8) is 0 Å². The molecule has 3 amide bonds. The molecule has 3 aromatic rings. The molecule has 1 fully saturated rings. The zero-order valence-corrected chi connectivity index (χ0v) is 19.5. The number of halogens is 3. The van der Waals surface area contributed by atoms with Gasteiger partial charge >= 0.3 is 6.18 Å². The lowest BCUT2D eigenvalue weighted by Gasteiger charge is -2.35. The number of amides is 3. The number of aryl methyl sites for hydroxylation is 1. The number of piperazine rings is 1. The Bertz CT molecular complexity index is 1280. The molecule has 9 heteroatoms. The van der Waals surface area contributed by atoms with Crippen molar-refractivity contribution in [2.45, 2.75) is 13.1 Å². The SMILES string of the molecule is Cc1cccc(C(=O)Nc2ccccc2C(=O)N2CCN(C(=O)c3ccc(C(F)(F)F)cc3)CC2)c1. The van der Waals surface area contributed by atoms with Crippen LogP contribution >= 0.6 is 0 Å². The van der Waals surface area contributed by atoms with Gasteiger partial charge in [0.15, 0.2) is 0 Å². The van der Waals surface area contributed by atoms with Crippen LogP contribution in [0.1, 0.15) is 42.2 Å². The molecule has 0 aromatic heterocycles. The Labute approximate surface area is 206 Å². The fourth-order valence-electron chi connectivity index (χ4n) is 4.03. The lowest BCUT2D eigenvalue weighted by molar-refractivity contribution is -0.137. The monoisotopic (exact) mass is 495 g/mol.